The number of ether oxygens (including phenoxy) is 2. The predicted molar refractivity (Wildman–Crippen MR) is 102 cm³/mol. The van der Waals surface area contributed by atoms with Gasteiger partial charge in [-0.1, -0.05) is 12.1 Å². The van der Waals surface area contributed by atoms with Gasteiger partial charge in [-0.15, -0.1) is 0 Å². The van der Waals surface area contributed by atoms with Gasteiger partial charge in [0.2, 0.25) is 0 Å². The van der Waals surface area contributed by atoms with Crippen molar-refractivity contribution in [1.82, 2.24) is 10.2 Å². The smallest absolute Gasteiger partial charge is 0.321 e. The van der Waals surface area contributed by atoms with Crippen molar-refractivity contribution in [3.05, 3.63) is 24.3 Å². The molecule has 3 rings (SSSR count). The van der Waals surface area contributed by atoms with Gasteiger partial charge in [-0.3, -0.25) is 4.79 Å². The maximum absolute atomic E-state index is 12.5. The van der Waals surface area contributed by atoms with Crippen LogP contribution in [0.2, 0.25) is 0 Å². The summed E-state index contributed by atoms with van der Waals surface area (Å²) in [5.41, 5.74) is 0.633. The molecule has 1 aromatic rings. The molecule has 27 heavy (non-hydrogen) atoms. The number of carbonyl (C=O) groups is 2. The summed E-state index contributed by atoms with van der Waals surface area (Å²) in [5, 5.41) is 13.8. The maximum Gasteiger partial charge on any atom is 0.321 e. The number of nitrogens with one attached hydrogen (secondary N) is 2. The minimum atomic E-state index is -0.833. The van der Waals surface area contributed by atoms with E-state index in [9.17, 15) is 4.79 Å². The molecule has 2 amide bonds. The highest BCUT2D eigenvalue weighted by Gasteiger charge is 2.38. The van der Waals surface area contributed by atoms with Crippen molar-refractivity contribution in [3.63, 3.8) is 0 Å². The lowest BCUT2D eigenvalue weighted by Gasteiger charge is -2.44. The van der Waals surface area contributed by atoms with E-state index in [0.29, 0.717) is 25.4 Å². The summed E-state index contributed by atoms with van der Waals surface area (Å²) in [7, 11) is 0. The average molecular weight is 379 g/mol. The fourth-order valence-corrected chi connectivity index (χ4v) is 3.19. The molecule has 1 aromatic carbocycles. The number of anilines is 1. The van der Waals surface area contributed by atoms with Crippen molar-refractivity contribution in [2.24, 2.45) is 0 Å². The molecule has 0 saturated carbocycles. The van der Waals surface area contributed by atoms with Crippen molar-refractivity contribution < 1.29 is 24.2 Å². The van der Waals surface area contributed by atoms with Gasteiger partial charge in [-0.2, -0.15) is 0 Å². The van der Waals surface area contributed by atoms with Gasteiger partial charge in [0.05, 0.1) is 24.5 Å². The van der Waals surface area contributed by atoms with Gasteiger partial charge >= 0.3 is 6.03 Å². The van der Waals surface area contributed by atoms with Crippen LogP contribution >= 0.6 is 0 Å². The predicted octanol–water partition coefficient (Wildman–Crippen LogP) is 2.16. The molecule has 1 spiro atoms. The Morgan fingerprint density at radius 2 is 2.00 bits per heavy atom. The van der Waals surface area contributed by atoms with E-state index < -0.39 is 5.97 Å². The number of amides is 2. The highest BCUT2D eigenvalue weighted by molar-refractivity contribution is 5.91. The molecule has 0 aromatic heterocycles. The van der Waals surface area contributed by atoms with E-state index >= 15 is 0 Å². The zero-order valence-corrected chi connectivity index (χ0v) is 16.0. The first-order valence-corrected chi connectivity index (χ1v) is 9.28. The molecule has 2 aliphatic rings. The second kappa shape index (κ2) is 10.1. The van der Waals surface area contributed by atoms with Gasteiger partial charge in [0, 0.05) is 33.1 Å². The molecule has 8 heteroatoms. The summed E-state index contributed by atoms with van der Waals surface area (Å²) in [6, 6.07) is 7.45. The quantitative estimate of drug-likeness (QED) is 0.744. The monoisotopic (exact) mass is 379 g/mol. The fraction of sp³-hybridized carbons (Fsp3) is 0.579. The van der Waals surface area contributed by atoms with E-state index in [1.54, 1.807) is 0 Å². The summed E-state index contributed by atoms with van der Waals surface area (Å²) in [5.74, 6) is -0.128. The number of morpholine rings is 1. The summed E-state index contributed by atoms with van der Waals surface area (Å²) >= 11 is 0. The van der Waals surface area contributed by atoms with E-state index in [1.165, 1.54) is 0 Å². The van der Waals surface area contributed by atoms with E-state index in [1.807, 2.05) is 36.1 Å². The Labute approximate surface area is 159 Å². The maximum atomic E-state index is 12.5. The van der Waals surface area contributed by atoms with Gasteiger partial charge in [0.1, 0.15) is 5.75 Å². The first kappa shape index (κ1) is 21.0. The number of carboxylic acid groups (broad SMARTS) is 1. The van der Waals surface area contributed by atoms with E-state index in [-0.39, 0.29) is 11.6 Å². The van der Waals surface area contributed by atoms with E-state index in [0.717, 1.165) is 45.1 Å². The van der Waals surface area contributed by atoms with Crippen molar-refractivity contribution in [1.29, 1.82) is 0 Å². The van der Waals surface area contributed by atoms with Gasteiger partial charge in [-0.25, -0.2) is 4.79 Å². The summed E-state index contributed by atoms with van der Waals surface area (Å²) in [6.45, 7) is 7.57. The van der Waals surface area contributed by atoms with E-state index in [2.05, 4.69) is 10.6 Å². The van der Waals surface area contributed by atoms with Crippen LogP contribution in [0.1, 0.15) is 26.7 Å². The number of hydrogen-bond acceptors (Lipinski definition) is 5. The number of piperidine rings is 1. The van der Waals surface area contributed by atoms with Crippen LogP contribution in [0.5, 0.6) is 5.75 Å². The molecule has 0 atom stereocenters. The summed E-state index contributed by atoms with van der Waals surface area (Å²) < 4.78 is 11.5. The van der Waals surface area contributed by atoms with Gasteiger partial charge in [-0.05, 0) is 31.9 Å². The average Bonchev–Trinajstić information content (AvgIpc) is 2.64. The molecule has 2 saturated heterocycles. The molecule has 2 fully saturated rings. The Bertz CT molecular complexity index is 618. The SMILES string of the molecule is CC(=O)O.CCOc1ccccc1NC(=O)N1CCC2(CC1)CNCCO2. The highest BCUT2D eigenvalue weighted by atomic mass is 16.5. The molecule has 0 radical (unpaired) electrons. The second-order valence-corrected chi connectivity index (χ2v) is 6.57. The van der Waals surface area contributed by atoms with E-state index in [4.69, 9.17) is 19.4 Å². The molecule has 0 bridgehead atoms. The Morgan fingerprint density at radius 3 is 2.59 bits per heavy atom. The number of rotatable bonds is 3. The van der Waals surface area contributed by atoms with Crippen LogP contribution in [0, 0.1) is 0 Å². The molecule has 0 aliphatic carbocycles. The minimum Gasteiger partial charge on any atom is -0.492 e. The first-order chi connectivity index (χ1) is 13.0. The number of benzene rings is 1. The number of hydrogen-bond donors (Lipinski definition) is 3. The molecular formula is C19H29N3O5. The Kier molecular flexibility index (Phi) is 7.87. The largest absolute Gasteiger partial charge is 0.492 e. The number of carboxylic acids is 1. The van der Waals surface area contributed by atoms with Crippen LogP contribution in [-0.2, 0) is 9.53 Å². The van der Waals surface area contributed by atoms with Crippen molar-refractivity contribution in [2.75, 3.05) is 44.7 Å². The normalized spacial score (nSPS) is 18.2. The number of urea groups is 1. The third kappa shape index (κ3) is 6.41. The topological polar surface area (TPSA) is 100 Å². The third-order valence-corrected chi connectivity index (χ3v) is 4.52. The second-order valence-electron chi connectivity index (χ2n) is 6.57. The molecule has 150 valence electrons. The first-order valence-electron chi connectivity index (χ1n) is 9.28. The van der Waals surface area contributed by atoms with Crippen molar-refractivity contribution >= 4 is 17.7 Å². The highest BCUT2D eigenvalue weighted by Crippen LogP contribution is 2.29. The Hall–Kier alpha value is -2.32. The fourth-order valence-electron chi connectivity index (χ4n) is 3.19. The number of nitrogens with zero attached hydrogens (tertiary/aromatic N) is 1. The van der Waals surface area contributed by atoms with Crippen LogP contribution in [-0.4, -0.2) is 67.0 Å². The number of carbonyl (C=O) groups excluding carboxylic acids is 1. The van der Waals surface area contributed by atoms with Crippen LogP contribution in [0.15, 0.2) is 24.3 Å². The van der Waals surface area contributed by atoms with Gasteiger partial charge in [0.25, 0.3) is 5.97 Å². The third-order valence-electron chi connectivity index (χ3n) is 4.52. The Balaban J connectivity index is 0.000000596. The molecular weight excluding hydrogens is 350 g/mol. The lowest BCUT2D eigenvalue weighted by atomic mass is 9.90. The number of aliphatic carboxylic acids is 1. The molecule has 2 heterocycles. The molecule has 2 aliphatic heterocycles. The number of likely N-dealkylation sites (tertiary alicyclic amines) is 1. The summed E-state index contributed by atoms with van der Waals surface area (Å²) in [4.78, 5) is 23.4. The molecule has 3 N–H and O–H groups in total. The minimum absolute atomic E-state index is 0.0734. The van der Waals surface area contributed by atoms with Gasteiger partial charge < -0.3 is 30.1 Å². The van der Waals surface area contributed by atoms with Crippen LogP contribution in [0.25, 0.3) is 0 Å². The zero-order valence-electron chi connectivity index (χ0n) is 16.0. The molecule has 0 unspecified atom stereocenters. The summed E-state index contributed by atoms with van der Waals surface area (Å²) in [6.07, 6.45) is 1.75. The zero-order chi connectivity index (χ0) is 19.7. The molecule has 8 nitrogen and oxygen atoms in total. The van der Waals surface area contributed by atoms with Crippen molar-refractivity contribution in [3.8, 4) is 5.75 Å². The van der Waals surface area contributed by atoms with Crippen LogP contribution in [0.3, 0.4) is 0 Å². The lowest BCUT2D eigenvalue weighted by molar-refractivity contribution is -0.134. The number of para-hydroxylation sites is 2. The standard InChI is InChI=1S/C17H25N3O3.C2H4O2/c1-2-22-15-6-4-3-5-14(15)19-16(21)20-10-7-17(8-11-20)13-18-9-12-23-17;1-2(3)4/h3-6,18H,2,7-13H2,1H3,(H,19,21);1H3,(H,3,4). The lowest BCUT2D eigenvalue weighted by Crippen LogP contribution is -2.56. The van der Waals surface area contributed by atoms with Crippen molar-refractivity contribution in [2.45, 2.75) is 32.3 Å². The van der Waals surface area contributed by atoms with Crippen LogP contribution in [0.4, 0.5) is 10.5 Å². The van der Waals surface area contributed by atoms with Gasteiger partial charge in [0.15, 0.2) is 0 Å². The Morgan fingerprint density at radius 1 is 1.33 bits per heavy atom. The van der Waals surface area contributed by atoms with Crippen LogP contribution < -0.4 is 15.4 Å².